The van der Waals surface area contributed by atoms with Crippen LogP contribution in [0.3, 0.4) is 0 Å². The largest absolute Gasteiger partial charge is 0.472 e. The van der Waals surface area contributed by atoms with Crippen LogP contribution in [0.25, 0.3) is 0 Å². The van der Waals surface area contributed by atoms with Gasteiger partial charge in [-0.1, -0.05) is 125 Å². The van der Waals surface area contributed by atoms with Crippen LogP contribution in [0.5, 0.6) is 0 Å². The van der Waals surface area contributed by atoms with Gasteiger partial charge in [0.05, 0.1) is 39.9 Å². The number of likely N-dealkylation sites (N-methyl/N-ethyl adjacent to an activating group) is 1. The van der Waals surface area contributed by atoms with Gasteiger partial charge in [-0.15, -0.1) is 0 Å². The zero-order valence-corrected chi connectivity index (χ0v) is 34.0. The highest BCUT2D eigenvalue weighted by atomic mass is 31.2. The predicted molar refractivity (Wildman–Crippen MR) is 216 cm³/mol. The van der Waals surface area contributed by atoms with E-state index in [1.807, 2.05) is 27.2 Å². The first-order chi connectivity index (χ1) is 24.5. The molecule has 0 saturated carbocycles. The molecule has 0 bridgehead atoms. The molecule has 3 N–H and O–H groups in total. The Morgan fingerprint density at radius 3 is 1.78 bits per heavy atom. The van der Waals surface area contributed by atoms with Crippen LogP contribution in [0.4, 0.5) is 0 Å². The maximum atomic E-state index is 12.8. The number of rotatable bonds is 34. The summed E-state index contributed by atoms with van der Waals surface area (Å²) in [5, 5.41) is 13.7. The fourth-order valence-electron chi connectivity index (χ4n) is 4.97. The van der Waals surface area contributed by atoms with E-state index in [4.69, 9.17) is 9.05 Å². The first kappa shape index (κ1) is 48.9. The highest BCUT2D eigenvalue weighted by molar-refractivity contribution is 7.47. The number of carbonyl (C=O) groups is 1. The van der Waals surface area contributed by atoms with E-state index in [2.05, 4.69) is 79.9 Å². The molecule has 0 heterocycles. The highest BCUT2D eigenvalue weighted by Gasteiger charge is 2.27. The quantitative estimate of drug-likeness (QED) is 0.0263. The predicted octanol–water partition coefficient (Wildman–Crippen LogP) is 10.5. The van der Waals surface area contributed by atoms with Crippen molar-refractivity contribution in [1.29, 1.82) is 0 Å². The van der Waals surface area contributed by atoms with E-state index in [1.165, 1.54) is 38.5 Å². The molecule has 3 atom stereocenters. The molecular formula is C42H76N2O6P+. The number of unbranched alkanes of at least 4 members (excludes halogenated alkanes) is 11. The Labute approximate surface area is 313 Å². The molecule has 9 heteroatoms. The van der Waals surface area contributed by atoms with Crippen molar-refractivity contribution in [2.75, 3.05) is 40.9 Å². The molecule has 0 rings (SSSR count). The number of amides is 1. The number of aliphatic hydroxyl groups is 1. The molecule has 3 unspecified atom stereocenters. The number of phosphoric acid groups is 1. The van der Waals surface area contributed by atoms with Crippen molar-refractivity contribution < 1.29 is 32.9 Å². The second-order valence-corrected chi connectivity index (χ2v) is 15.7. The van der Waals surface area contributed by atoms with Gasteiger partial charge in [0.15, 0.2) is 0 Å². The van der Waals surface area contributed by atoms with E-state index >= 15 is 0 Å². The first-order valence-electron chi connectivity index (χ1n) is 19.8. The summed E-state index contributed by atoms with van der Waals surface area (Å²) in [5.41, 5.74) is 0. The molecule has 0 aromatic rings. The lowest BCUT2D eigenvalue weighted by Crippen LogP contribution is -2.45. The molecule has 0 aliphatic heterocycles. The maximum absolute atomic E-state index is 12.8. The number of quaternary nitrogens is 1. The Balaban J connectivity index is 4.50. The SMILES string of the molecule is CC/C=C/CC/C=C/CC/C=C/C(O)C(COP(=O)(O)OCC[N+](C)(C)C)NC(=O)CCCCCCCC/C=C\C/C=C\C/C=C\CCCCC. The summed E-state index contributed by atoms with van der Waals surface area (Å²) < 4.78 is 23.4. The summed E-state index contributed by atoms with van der Waals surface area (Å²) in [6.45, 7) is 4.58. The molecular weight excluding hydrogens is 659 g/mol. The lowest BCUT2D eigenvalue weighted by atomic mass is 10.1. The summed E-state index contributed by atoms with van der Waals surface area (Å²) in [6.07, 6.45) is 44.1. The average molecular weight is 736 g/mol. The fraction of sp³-hybridized carbons (Fsp3) is 0.690. The van der Waals surface area contributed by atoms with E-state index in [9.17, 15) is 19.4 Å². The molecule has 0 spiro atoms. The van der Waals surface area contributed by atoms with Crippen molar-refractivity contribution >= 4 is 13.7 Å². The zero-order valence-electron chi connectivity index (χ0n) is 33.1. The molecule has 0 aliphatic rings. The molecule has 0 saturated heterocycles. The van der Waals surface area contributed by atoms with Gasteiger partial charge in [-0.05, 0) is 77.0 Å². The van der Waals surface area contributed by atoms with Crippen LogP contribution in [0.1, 0.15) is 136 Å². The van der Waals surface area contributed by atoms with Crippen molar-refractivity contribution in [2.24, 2.45) is 0 Å². The second kappa shape index (κ2) is 33.8. The summed E-state index contributed by atoms with van der Waals surface area (Å²) in [7, 11) is 1.52. The van der Waals surface area contributed by atoms with Crippen molar-refractivity contribution in [3.05, 3.63) is 72.9 Å². The van der Waals surface area contributed by atoms with E-state index in [0.29, 0.717) is 17.4 Å². The third-order valence-corrected chi connectivity index (χ3v) is 9.12. The van der Waals surface area contributed by atoms with Crippen LogP contribution in [-0.2, 0) is 18.4 Å². The van der Waals surface area contributed by atoms with Crippen molar-refractivity contribution in [1.82, 2.24) is 5.32 Å². The van der Waals surface area contributed by atoms with E-state index in [1.54, 1.807) is 6.08 Å². The van der Waals surface area contributed by atoms with E-state index in [-0.39, 0.29) is 19.1 Å². The van der Waals surface area contributed by atoms with Gasteiger partial charge in [-0.2, -0.15) is 0 Å². The van der Waals surface area contributed by atoms with Crippen LogP contribution in [0.2, 0.25) is 0 Å². The zero-order chi connectivity index (χ0) is 37.9. The van der Waals surface area contributed by atoms with Crippen LogP contribution in [0, 0.1) is 0 Å². The number of nitrogens with one attached hydrogen (secondary N) is 1. The lowest BCUT2D eigenvalue weighted by Gasteiger charge is -2.25. The van der Waals surface area contributed by atoms with Crippen LogP contribution in [0.15, 0.2) is 72.9 Å². The number of hydrogen-bond donors (Lipinski definition) is 3. The number of allylic oxidation sites excluding steroid dienone is 11. The molecule has 0 aromatic heterocycles. The minimum absolute atomic E-state index is 0.0467. The maximum Gasteiger partial charge on any atom is 0.472 e. The fourth-order valence-corrected chi connectivity index (χ4v) is 5.70. The number of phosphoric ester groups is 1. The topological polar surface area (TPSA) is 105 Å². The Hall–Kier alpha value is -2.06. The smallest absolute Gasteiger partial charge is 0.387 e. The Morgan fingerprint density at radius 2 is 1.20 bits per heavy atom. The molecule has 0 aliphatic carbocycles. The minimum Gasteiger partial charge on any atom is -0.387 e. The van der Waals surface area contributed by atoms with E-state index < -0.39 is 20.0 Å². The van der Waals surface area contributed by atoms with E-state index in [0.717, 1.165) is 77.0 Å². The van der Waals surface area contributed by atoms with Gasteiger partial charge in [0, 0.05) is 6.42 Å². The van der Waals surface area contributed by atoms with Crippen molar-refractivity contribution in [3.8, 4) is 0 Å². The number of carbonyl (C=O) groups excluding carboxylic acids is 1. The first-order valence-corrected chi connectivity index (χ1v) is 21.3. The molecule has 0 aromatic carbocycles. The Morgan fingerprint density at radius 1 is 0.686 bits per heavy atom. The Kier molecular flexibility index (Phi) is 32.4. The number of aliphatic hydroxyl groups excluding tert-OH is 1. The van der Waals surface area contributed by atoms with Gasteiger partial charge in [0.2, 0.25) is 5.91 Å². The van der Waals surface area contributed by atoms with Gasteiger partial charge in [-0.25, -0.2) is 4.57 Å². The summed E-state index contributed by atoms with van der Waals surface area (Å²) >= 11 is 0. The van der Waals surface area contributed by atoms with Crippen molar-refractivity contribution in [3.63, 3.8) is 0 Å². The van der Waals surface area contributed by atoms with Gasteiger partial charge in [0.1, 0.15) is 13.2 Å². The number of hydrogen-bond acceptors (Lipinski definition) is 5. The van der Waals surface area contributed by atoms with Crippen LogP contribution < -0.4 is 5.32 Å². The lowest BCUT2D eigenvalue weighted by molar-refractivity contribution is -0.870. The molecule has 0 fully saturated rings. The number of nitrogens with zero attached hydrogens (tertiary/aromatic N) is 1. The molecule has 294 valence electrons. The molecule has 1 amide bonds. The van der Waals surface area contributed by atoms with Gasteiger partial charge < -0.3 is 19.8 Å². The molecule has 8 nitrogen and oxygen atoms in total. The molecule has 0 radical (unpaired) electrons. The van der Waals surface area contributed by atoms with Crippen molar-refractivity contribution in [2.45, 2.75) is 148 Å². The third-order valence-electron chi connectivity index (χ3n) is 8.14. The van der Waals surface area contributed by atoms with Gasteiger partial charge in [-0.3, -0.25) is 13.8 Å². The third kappa shape index (κ3) is 36.1. The summed E-state index contributed by atoms with van der Waals surface area (Å²) in [4.78, 5) is 23.0. The van der Waals surface area contributed by atoms with Gasteiger partial charge in [0.25, 0.3) is 0 Å². The normalized spacial score (nSPS) is 15.4. The second-order valence-electron chi connectivity index (χ2n) is 14.3. The average Bonchev–Trinajstić information content (AvgIpc) is 3.07. The van der Waals surface area contributed by atoms with Gasteiger partial charge >= 0.3 is 7.82 Å². The van der Waals surface area contributed by atoms with Crippen LogP contribution >= 0.6 is 7.82 Å². The summed E-state index contributed by atoms with van der Waals surface area (Å²) in [6, 6.07) is -0.877. The Bertz CT molecular complexity index is 1060. The monoisotopic (exact) mass is 736 g/mol. The highest BCUT2D eigenvalue weighted by Crippen LogP contribution is 2.43. The minimum atomic E-state index is -4.35. The standard InChI is InChI=1S/C42H75N2O6P/c1-6-8-10-12-14-16-18-19-20-21-22-23-24-25-26-28-30-32-34-36-42(46)43-40(39-50-51(47,48)49-38-37-44(3,4)5)41(45)35-33-31-29-27-17-15-13-11-9-7-2/h9,11,14,16-17,19-20,22-23,27,33,35,40-41,45H,6-8,10,12-13,15,18,21,24-26,28-32,34,36-39H2,1-5H3,(H-,43,46,47,48)/p+1/b11-9+,16-14-,20-19-,23-22-,27-17+,35-33+. The molecule has 51 heavy (non-hydrogen) atoms. The van der Waals surface area contributed by atoms with Crippen LogP contribution in [-0.4, -0.2) is 73.4 Å². The summed E-state index contributed by atoms with van der Waals surface area (Å²) in [5.74, 6) is -0.211.